The molecule has 3 rings (SSSR count). The molecule has 0 aliphatic heterocycles. The van der Waals surface area contributed by atoms with E-state index >= 15 is 0 Å². The Balaban J connectivity index is 1.84. The molecule has 1 aliphatic carbocycles. The molecular formula is C26H33Cl2N3O4S. The van der Waals surface area contributed by atoms with Crippen LogP contribution in [0.15, 0.2) is 48.5 Å². The minimum Gasteiger partial charge on any atom is -0.352 e. The smallest absolute Gasteiger partial charge is 0.244 e. The minimum atomic E-state index is -3.88. The first-order valence-corrected chi connectivity index (χ1v) is 14.7. The largest absolute Gasteiger partial charge is 0.352 e. The first kappa shape index (κ1) is 28.3. The fourth-order valence-corrected chi connectivity index (χ4v) is 5.72. The molecule has 196 valence electrons. The lowest BCUT2D eigenvalue weighted by molar-refractivity contribution is -0.139. The Kier molecular flexibility index (Phi) is 10.0. The Morgan fingerprint density at radius 2 is 1.69 bits per heavy atom. The van der Waals surface area contributed by atoms with Crippen LogP contribution in [-0.2, 0) is 26.0 Å². The second kappa shape index (κ2) is 12.8. The zero-order valence-electron chi connectivity index (χ0n) is 20.6. The molecule has 2 aromatic carbocycles. The van der Waals surface area contributed by atoms with E-state index in [1.807, 2.05) is 30.3 Å². The Bertz CT molecular complexity index is 1160. The van der Waals surface area contributed by atoms with Crippen LogP contribution in [0, 0.1) is 0 Å². The topological polar surface area (TPSA) is 86.8 Å². The molecule has 1 aliphatic rings. The van der Waals surface area contributed by atoms with Crippen LogP contribution < -0.4 is 9.62 Å². The predicted molar refractivity (Wildman–Crippen MR) is 145 cm³/mol. The number of benzene rings is 2. The van der Waals surface area contributed by atoms with Gasteiger partial charge in [0.15, 0.2) is 0 Å². The highest BCUT2D eigenvalue weighted by atomic mass is 35.5. The number of carbonyl (C=O) groups is 2. The van der Waals surface area contributed by atoms with Gasteiger partial charge in [0.25, 0.3) is 0 Å². The molecule has 1 saturated carbocycles. The molecule has 0 spiro atoms. The van der Waals surface area contributed by atoms with Crippen molar-refractivity contribution in [1.29, 1.82) is 0 Å². The third-order valence-corrected chi connectivity index (χ3v) is 8.42. The molecule has 10 heteroatoms. The van der Waals surface area contributed by atoms with Crippen molar-refractivity contribution >= 4 is 50.7 Å². The number of amides is 2. The van der Waals surface area contributed by atoms with Gasteiger partial charge in [-0.05, 0) is 43.9 Å². The van der Waals surface area contributed by atoms with Crippen LogP contribution in [0.2, 0.25) is 10.0 Å². The van der Waals surface area contributed by atoms with Crippen LogP contribution in [0.25, 0.3) is 0 Å². The number of carbonyl (C=O) groups excluding carboxylic acids is 2. The van der Waals surface area contributed by atoms with E-state index in [-0.39, 0.29) is 34.2 Å². The molecule has 2 aromatic rings. The van der Waals surface area contributed by atoms with Crippen LogP contribution in [0.5, 0.6) is 0 Å². The van der Waals surface area contributed by atoms with Gasteiger partial charge < -0.3 is 10.2 Å². The average Bonchev–Trinajstić information content (AvgIpc) is 2.85. The van der Waals surface area contributed by atoms with Gasteiger partial charge in [0.2, 0.25) is 21.8 Å². The Morgan fingerprint density at radius 1 is 1.03 bits per heavy atom. The molecule has 36 heavy (non-hydrogen) atoms. The summed E-state index contributed by atoms with van der Waals surface area (Å²) in [5.41, 5.74) is 1.12. The number of hydrogen-bond acceptors (Lipinski definition) is 4. The monoisotopic (exact) mass is 553 g/mol. The van der Waals surface area contributed by atoms with Gasteiger partial charge in [-0.25, -0.2) is 8.42 Å². The third kappa shape index (κ3) is 7.60. The normalized spacial score (nSPS) is 15.2. The van der Waals surface area contributed by atoms with Crippen molar-refractivity contribution < 1.29 is 18.0 Å². The lowest BCUT2D eigenvalue weighted by atomic mass is 9.95. The van der Waals surface area contributed by atoms with E-state index in [1.54, 1.807) is 19.1 Å². The summed E-state index contributed by atoms with van der Waals surface area (Å²) >= 11 is 12.4. The zero-order chi connectivity index (χ0) is 26.3. The summed E-state index contributed by atoms with van der Waals surface area (Å²) in [6.45, 7) is 1.43. The fourth-order valence-electron chi connectivity index (χ4n) is 4.42. The van der Waals surface area contributed by atoms with Gasteiger partial charge >= 0.3 is 0 Å². The number of halogens is 2. The second-order valence-corrected chi connectivity index (χ2v) is 11.9. The molecule has 1 fully saturated rings. The van der Waals surface area contributed by atoms with Crippen LogP contribution in [0.1, 0.15) is 44.6 Å². The summed E-state index contributed by atoms with van der Waals surface area (Å²) in [5, 5.41) is 3.30. The zero-order valence-corrected chi connectivity index (χ0v) is 23.0. The molecule has 0 bridgehead atoms. The maximum Gasteiger partial charge on any atom is 0.244 e. The first-order valence-electron chi connectivity index (χ1n) is 12.1. The van der Waals surface area contributed by atoms with Crippen molar-refractivity contribution in [1.82, 2.24) is 10.2 Å². The summed E-state index contributed by atoms with van der Waals surface area (Å²) in [6.07, 6.45) is 6.67. The minimum absolute atomic E-state index is 0.0383. The van der Waals surface area contributed by atoms with E-state index < -0.39 is 28.5 Å². The molecule has 1 N–H and O–H groups in total. The average molecular weight is 555 g/mol. The van der Waals surface area contributed by atoms with Crippen molar-refractivity contribution in [3.05, 3.63) is 64.1 Å². The number of nitrogens with one attached hydrogen (secondary N) is 1. The third-order valence-electron chi connectivity index (χ3n) is 6.48. The Hall–Kier alpha value is -2.29. The van der Waals surface area contributed by atoms with Crippen molar-refractivity contribution in [3.63, 3.8) is 0 Å². The summed E-state index contributed by atoms with van der Waals surface area (Å²) in [4.78, 5) is 28.2. The second-order valence-electron chi connectivity index (χ2n) is 9.18. The highest BCUT2D eigenvalue weighted by Gasteiger charge is 2.31. The highest BCUT2D eigenvalue weighted by molar-refractivity contribution is 7.92. The molecular weight excluding hydrogens is 521 g/mol. The van der Waals surface area contributed by atoms with Crippen LogP contribution >= 0.6 is 23.2 Å². The van der Waals surface area contributed by atoms with Gasteiger partial charge in [-0.1, -0.05) is 78.9 Å². The van der Waals surface area contributed by atoms with Gasteiger partial charge in [-0.3, -0.25) is 13.9 Å². The first-order chi connectivity index (χ1) is 17.1. The number of sulfonamides is 1. The van der Waals surface area contributed by atoms with Crippen molar-refractivity contribution in [2.24, 2.45) is 0 Å². The SMILES string of the molecule is C[C@H](C(=O)NC1CCCCC1)N(CCc1ccccc1)C(=O)CN(c1cccc(Cl)c1Cl)S(C)(=O)=O. The lowest BCUT2D eigenvalue weighted by Gasteiger charge is -2.33. The van der Waals surface area contributed by atoms with E-state index in [2.05, 4.69) is 5.32 Å². The molecule has 0 unspecified atom stereocenters. The van der Waals surface area contributed by atoms with Gasteiger partial charge in [-0.15, -0.1) is 0 Å². The van der Waals surface area contributed by atoms with Crippen molar-refractivity contribution in [2.75, 3.05) is 23.7 Å². The number of hydrogen-bond donors (Lipinski definition) is 1. The van der Waals surface area contributed by atoms with Crippen molar-refractivity contribution in [3.8, 4) is 0 Å². The van der Waals surface area contributed by atoms with Crippen LogP contribution in [0.3, 0.4) is 0 Å². The maximum atomic E-state index is 13.6. The number of anilines is 1. The van der Waals surface area contributed by atoms with Crippen LogP contribution in [-0.4, -0.2) is 56.6 Å². The molecule has 1 atom stereocenters. The standard InChI is InChI=1S/C26H33Cl2N3O4S/c1-19(26(33)29-21-12-7-4-8-13-21)30(17-16-20-10-5-3-6-11-20)24(32)18-31(36(2,34)35)23-15-9-14-22(27)25(23)28/h3,5-6,9-11,14-15,19,21H,4,7-8,12-13,16-18H2,1-2H3,(H,29,33)/t19-/m1/s1. The van der Waals surface area contributed by atoms with E-state index in [0.717, 1.165) is 48.2 Å². The molecule has 2 amide bonds. The summed E-state index contributed by atoms with van der Waals surface area (Å²) in [7, 11) is -3.88. The number of nitrogens with zero attached hydrogens (tertiary/aromatic N) is 2. The molecule has 0 saturated heterocycles. The van der Waals surface area contributed by atoms with Gasteiger partial charge in [0.05, 0.1) is 22.0 Å². The fraction of sp³-hybridized carbons (Fsp3) is 0.462. The van der Waals surface area contributed by atoms with Crippen molar-refractivity contribution in [2.45, 2.75) is 57.5 Å². The molecule has 0 heterocycles. The van der Waals surface area contributed by atoms with E-state index in [9.17, 15) is 18.0 Å². The summed E-state index contributed by atoms with van der Waals surface area (Å²) in [6, 6.07) is 13.5. The lowest BCUT2D eigenvalue weighted by Crippen LogP contribution is -2.53. The summed E-state index contributed by atoms with van der Waals surface area (Å²) in [5.74, 6) is -0.742. The predicted octanol–water partition coefficient (Wildman–Crippen LogP) is 4.67. The van der Waals surface area contributed by atoms with Gasteiger partial charge in [-0.2, -0.15) is 0 Å². The van der Waals surface area contributed by atoms with Crippen LogP contribution in [0.4, 0.5) is 5.69 Å². The van der Waals surface area contributed by atoms with Gasteiger partial charge in [0.1, 0.15) is 12.6 Å². The van der Waals surface area contributed by atoms with E-state index in [1.165, 1.54) is 11.0 Å². The van der Waals surface area contributed by atoms with E-state index in [4.69, 9.17) is 23.2 Å². The molecule has 0 radical (unpaired) electrons. The van der Waals surface area contributed by atoms with E-state index in [0.29, 0.717) is 6.42 Å². The summed E-state index contributed by atoms with van der Waals surface area (Å²) < 4.78 is 26.3. The Labute approximate surface area is 223 Å². The number of rotatable bonds is 10. The highest BCUT2D eigenvalue weighted by Crippen LogP contribution is 2.33. The van der Waals surface area contributed by atoms with Gasteiger partial charge in [0, 0.05) is 12.6 Å². The quantitative estimate of drug-likeness (QED) is 0.463. The molecule has 7 nitrogen and oxygen atoms in total. The Morgan fingerprint density at radius 3 is 2.33 bits per heavy atom. The molecule has 0 aromatic heterocycles. The maximum absolute atomic E-state index is 13.6.